The van der Waals surface area contributed by atoms with Crippen molar-refractivity contribution in [3.63, 3.8) is 0 Å². The molecule has 0 aliphatic carbocycles. The van der Waals surface area contributed by atoms with Crippen molar-refractivity contribution in [1.82, 2.24) is 5.32 Å². The molecule has 1 amide bonds. The van der Waals surface area contributed by atoms with Gasteiger partial charge in [-0.3, -0.25) is 4.79 Å². The molecule has 0 heterocycles. The quantitative estimate of drug-likeness (QED) is 0.792. The Balaban J connectivity index is 2.86. The third-order valence-corrected chi connectivity index (χ3v) is 3.23. The number of hydrogen-bond donors (Lipinski definition) is 2. The van der Waals surface area contributed by atoms with Crippen molar-refractivity contribution in [2.75, 3.05) is 5.73 Å². The summed E-state index contributed by atoms with van der Waals surface area (Å²) in [5, 5.41) is 2.94. The zero-order chi connectivity index (χ0) is 13.1. The molecule has 0 aromatic heterocycles. The highest BCUT2D eigenvalue weighted by Gasteiger charge is 2.22. The molecule has 17 heavy (non-hydrogen) atoms. The Labute approximate surface area is 101 Å². The Bertz CT molecular complexity index is 414. The van der Waals surface area contributed by atoms with E-state index in [9.17, 15) is 9.18 Å². The van der Waals surface area contributed by atoms with Crippen molar-refractivity contribution >= 4 is 11.6 Å². The van der Waals surface area contributed by atoms with Crippen molar-refractivity contribution in [3.05, 3.63) is 29.6 Å². The van der Waals surface area contributed by atoms with Crippen molar-refractivity contribution in [2.45, 2.75) is 39.2 Å². The zero-order valence-electron chi connectivity index (χ0n) is 10.5. The van der Waals surface area contributed by atoms with E-state index in [0.717, 1.165) is 12.8 Å². The van der Waals surface area contributed by atoms with Crippen LogP contribution in [0.25, 0.3) is 0 Å². The van der Waals surface area contributed by atoms with Gasteiger partial charge in [0.1, 0.15) is 5.82 Å². The van der Waals surface area contributed by atoms with Crippen molar-refractivity contribution in [1.29, 1.82) is 0 Å². The highest BCUT2D eigenvalue weighted by molar-refractivity contribution is 5.95. The van der Waals surface area contributed by atoms with Gasteiger partial charge in [-0.25, -0.2) is 4.39 Å². The molecule has 0 saturated heterocycles. The van der Waals surface area contributed by atoms with Crippen LogP contribution in [0.2, 0.25) is 0 Å². The first-order valence-electron chi connectivity index (χ1n) is 5.79. The highest BCUT2D eigenvalue weighted by Crippen LogP contribution is 2.17. The molecule has 0 atom stereocenters. The molecule has 0 unspecified atom stereocenters. The second-order valence-electron chi connectivity index (χ2n) is 4.46. The fourth-order valence-electron chi connectivity index (χ4n) is 1.46. The minimum absolute atomic E-state index is 0.00708. The predicted octanol–water partition coefficient (Wildman–Crippen LogP) is 2.72. The number of carbonyl (C=O) groups is 1. The first-order valence-corrected chi connectivity index (χ1v) is 5.79. The zero-order valence-corrected chi connectivity index (χ0v) is 10.5. The fourth-order valence-corrected chi connectivity index (χ4v) is 1.46. The first-order chi connectivity index (χ1) is 7.91. The second kappa shape index (κ2) is 5.17. The average molecular weight is 238 g/mol. The number of halogens is 1. The Kier molecular flexibility index (Phi) is 4.10. The van der Waals surface area contributed by atoms with Gasteiger partial charge in [-0.1, -0.05) is 13.8 Å². The summed E-state index contributed by atoms with van der Waals surface area (Å²) in [6, 6.07) is 4.00. The number of nitrogens with two attached hydrogens (primary N) is 1. The second-order valence-corrected chi connectivity index (χ2v) is 4.46. The molecule has 1 rings (SSSR count). The Morgan fingerprint density at radius 2 is 2.00 bits per heavy atom. The number of hydrogen-bond acceptors (Lipinski definition) is 2. The third kappa shape index (κ3) is 3.19. The van der Waals surface area contributed by atoms with Gasteiger partial charge in [0.25, 0.3) is 5.91 Å². The summed E-state index contributed by atoms with van der Waals surface area (Å²) in [5.41, 5.74) is 5.58. The van der Waals surface area contributed by atoms with Crippen LogP contribution in [0.15, 0.2) is 18.2 Å². The van der Waals surface area contributed by atoms with E-state index < -0.39 is 5.82 Å². The van der Waals surface area contributed by atoms with Crippen LogP contribution in [0.1, 0.15) is 44.0 Å². The lowest BCUT2D eigenvalue weighted by Crippen LogP contribution is -2.44. The van der Waals surface area contributed by atoms with Gasteiger partial charge in [0.05, 0.1) is 5.69 Å². The molecule has 94 valence electrons. The van der Waals surface area contributed by atoms with Crippen molar-refractivity contribution < 1.29 is 9.18 Å². The number of nitrogens with one attached hydrogen (secondary N) is 1. The van der Waals surface area contributed by atoms with E-state index in [-0.39, 0.29) is 17.1 Å². The third-order valence-electron chi connectivity index (χ3n) is 3.23. The standard InChI is InChI=1S/C13H19FN2O/c1-4-13(3,5-2)16-12(17)9-6-7-10(14)11(15)8-9/h6-8H,4-5,15H2,1-3H3,(H,16,17). The Morgan fingerprint density at radius 3 is 2.47 bits per heavy atom. The Hall–Kier alpha value is -1.58. The molecule has 0 aliphatic heterocycles. The summed E-state index contributed by atoms with van der Waals surface area (Å²) < 4.78 is 13.0. The lowest BCUT2D eigenvalue weighted by molar-refractivity contribution is 0.0901. The molecule has 0 spiro atoms. The van der Waals surface area contributed by atoms with Gasteiger partial charge >= 0.3 is 0 Å². The van der Waals surface area contributed by atoms with Gasteiger partial charge in [-0.15, -0.1) is 0 Å². The molecule has 0 radical (unpaired) electrons. The topological polar surface area (TPSA) is 55.1 Å². The van der Waals surface area contributed by atoms with Gasteiger partial charge in [0.15, 0.2) is 0 Å². The molecular weight excluding hydrogens is 219 g/mol. The largest absolute Gasteiger partial charge is 0.396 e. The molecule has 3 N–H and O–H groups in total. The summed E-state index contributed by atoms with van der Waals surface area (Å²) in [7, 11) is 0. The molecule has 4 heteroatoms. The molecule has 3 nitrogen and oxygen atoms in total. The molecule has 0 fully saturated rings. The van der Waals surface area contributed by atoms with Gasteiger partial charge in [0.2, 0.25) is 0 Å². The molecule has 0 saturated carbocycles. The number of anilines is 1. The van der Waals surface area contributed by atoms with Crippen LogP contribution in [-0.2, 0) is 0 Å². The molecule has 0 aliphatic rings. The van der Waals surface area contributed by atoms with E-state index >= 15 is 0 Å². The van der Waals surface area contributed by atoms with Gasteiger partial charge in [-0.2, -0.15) is 0 Å². The van der Waals surface area contributed by atoms with E-state index in [1.807, 2.05) is 20.8 Å². The summed E-state index contributed by atoms with van der Waals surface area (Å²) >= 11 is 0. The summed E-state index contributed by atoms with van der Waals surface area (Å²) in [5.74, 6) is -0.724. The number of amides is 1. The fraction of sp³-hybridized carbons (Fsp3) is 0.462. The monoisotopic (exact) mass is 238 g/mol. The SMILES string of the molecule is CCC(C)(CC)NC(=O)c1ccc(F)c(N)c1. The average Bonchev–Trinajstić information content (AvgIpc) is 2.32. The summed E-state index contributed by atoms with van der Waals surface area (Å²) in [6.07, 6.45) is 1.68. The normalized spacial score (nSPS) is 11.3. The van der Waals surface area contributed by atoms with Gasteiger partial charge < -0.3 is 11.1 Å². The van der Waals surface area contributed by atoms with E-state index in [1.54, 1.807) is 0 Å². The van der Waals surface area contributed by atoms with Crippen molar-refractivity contribution in [3.8, 4) is 0 Å². The maximum atomic E-state index is 13.0. The minimum atomic E-state index is -0.504. The van der Waals surface area contributed by atoms with E-state index in [0.29, 0.717) is 5.56 Å². The van der Waals surface area contributed by atoms with E-state index in [4.69, 9.17) is 5.73 Å². The first kappa shape index (κ1) is 13.5. The highest BCUT2D eigenvalue weighted by atomic mass is 19.1. The predicted molar refractivity (Wildman–Crippen MR) is 67.3 cm³/mol. The van der Waals surface area contributed by atoms with Crippen molar-refractivity contribution in [2.24, 2.45) is 0 Å². The van der Waals surface area contributed by atoms with Gasteiger partial charge in [-0.05, 0) is 38.0 Å². The van der Waals surface area contributed by atoms with Gasteiger partial charge in [0, 0.05) is 11.1 Å². The van der Waals surface area contributed by atoms with Crippen LogP contribution in [0.5, 0.6) is 0 Å². The molecule has 0 bridgehead atoms. The lowest BCUT2D eigenvalue weighted by Gasteiger charge is -2.28. The number of benzene rings is 1. The van der Waals surface area contributed by atoms with Crippen LogP contribution in [0.4, 0.5) is 10.1 Å². The number of rotatable bonds is 4. The van der Waals surface area contributed by atoms with Crippen LogP contribution < -0.4 is 11.1 Å². The molecule has 1 aromatic carbocycles. The summed E-state index contributed by atoms with van der Waals surface area (Å²) in [4.78, 5) is 12.0. The van der Waals surface area contributed by atoms with Crippen LogP contribution >= 0.6 is 0 Å². The lowest BCUT2D eigenvalue weighted by atomic mass is 9.95. The maximum Gasteiger partial charge on any atom is 0.251 e. The van der Waals surface area contributed by atoms with E-state index in [1.165, 1.54) is 18.2 Å². The molecule has 1 aromatic rings. The number of carbonyl (C=O) groups excluding carboxylic acids is 1. The van der Waals surface area contributed by atoms with Crippen LogP contribution in [0.3, 0.4) is 0 Å². The van der Waals surface area contributed by atoms with Crippen LogP contribution in [-0.4, -0.2) is 11.4 Å². The Morgan fingerprint density at radius 1 is 1.41 bits per heavy atom. The minimum Gasteiger partial charge on any atom is -0.396 e. The smallest absolute Gasteiger partial charge is 0.251 e. The maximum absolute atomic E-state index is 13.0. The number of nitrogen functional groups attached to an aromatic ring is 1. The van der Waals surface area contributed by atoms with Crippen LogP contribution in [0, 0.1) is 5.82 Å². The van der Waals surface area contributed by atoms with E-state index in [2.05, 4.69) is 5.32 Å². The molecular formula is C13H19FN2O. The summed E-state index contributed by atoms with van der Waals surface area (Å²) in [6.45, 7) is 6.02.